The van der Waals surface area contributed by atoms with E-state index in [9.17, 15) is 0 Å². The van der Waals surface area contributed by atoms with Gasteiger partial charge >= 0.3 is 0 Å². The molecule has 0 aliphatic heterocycles. The second-order valence-electron chi connectivity index (χ2n) is 6.65. The lowest BCUT2D eigenvalue weighted by molar-refractivity contribution is 0.185. The van der Waals surface area contributed by atoms with E-state index in [1.165, 1.54) is 0 Å². The van der Waals surface area contributed by atoms with E-state index >= 15 is 0 Å². The molecule has 0 spiro atoms. The molecule has 0 fully saturated rings. The molecule has 0 aromatic carbocycles. The van der Waals surface area contributed by atoms with Gasteiger partial charge in [0, 0.05) is 32.4 Å². The molecule has 7 heteroatoms. The normalized spacial score (nSPS) is 11.0. The van der Waals surface area contributed by atoms with Gasteiger partial charge in [-0.05, 0) is 48.2 Å². The highest BCUT2D eigenvalue weighted by Crippen LogP contribution is 2.34. The third kappa shape index (κ3) is 4.69. The second kappa shape index (κ2) is 9.35. The highest BCUT2D eigenvalue weighted by Gasteiger charge is 2.20. The first-order chi connectivity index (χ1) is 12.9. The first-order valence-corrected chi connectivity index (χ1v) is 10.3. The molecule has 0 aliphatic rings. The number of hydrogen-bond acceptors (Lipinski definition) is 6. The summed E-state index contributed by atoms with van der Waals surface area (Å²) in [6, 6.07) is 2.07. The van der Waals surface area contributed by atoms with Crippen molar-refractivity contribution in [2.24, 2.45) is 0 Å². The van der Waals surface area contributed by atoms with E-state index in [1.807, 2.05) is 33.0 Å². The third-order valence-corrected chi connectivity index (χ3v) is 5.11. The Labute approximate surface area is 170 Å². The van der Waals surface area contributed by atoms with Gasteiger partial charge in [0.2, 0.25) is 0 Å². The molecule has 148 valence electrons. The van der Waals surface area contributed by atoms with Crippen LogP contribution in [0.25, 0.3) is 11.3 Å². The van der Waals surface area contributed by atoms with Gasteiger partial charge in [-0.2, -0.15) is 0 Å². The fourth-order valence-corrected chi connectivity index (χ4v) is 3.57. The minimum absolute atomic E-state index is 0.138. The van der Waals surface area contributed by atoms with Crippen LogP contribution >= 0.6 is 15.9 Å². The molecule has 2 heterocycles. The van der Waals surface area contributed by atoms with Crippen LogP contribution in [0.3, 0.4) is 0 Å². The van der Waals surface area contributed by atoms with Crippen LogP contribution in [0.15, 0.2) is 10.5 Å². The van der Waals surface area contributed by atoms with E-state index in [0.717, 1.165) is 52.2 Å². The average molecular weight is 436 g/mol. The van der Waals surface area contributed by atoms with Crippen LogP contribution in [0.5, 0.6) is 5.88 Å². The summed E-state index contributed by atoms with van der Waals surface area (Å²) in [4.78, 5) is 16.4. The topological polar surface area (TPSA) is 63.2 Å². The zero-order valence-corrected chi connectivity index (χ0v) is 18.9. The standard InChI is InChI=1S/C20H30BrN5O/c1-8-13(9-2)27-20-18(22-5)25-17(16(10-3)24-20)14-11-15(21)19(26(6)7)23-12(14)4/h11,13H,8-10H2,1-7H3,(H,22,25). The van der Waals surface area contributed by atoms with Crippen LogP contribution in [0.2, 0.25) is 0 Å². The van der Waals surface area contributed by atoms with Crippen LogP contribution in [-0.4, -0.2) is 42.2 Å². The Hall–Kier alpha value is -1.89. The summed E-state index contributed by atoms with van der Waals surface area (Å²) in [5.74, 6) is 2.12. The number of anilines is 2. The van der Waals surface area contributed by atoms with Crippen LogP contribution in [-0.2, 0) is 6.42 Å². The number of nitrogens with one attached hydrogen (secondary N) is 1. The number of rotatable bonds is 8. The van der Waals surface area contributed by atoms with Crippen molar-refractivity contribution in [2.45, 2.75) is 53.1 Å². The molecule has 0 unspecified atom stereocenters. The zero-order valence-electron chi connectivity index (χ0n) is 17.4. The Bertz CT molecular complexity index is 790. The molecule has 1 N–H and O–H groups in total. The fourth-order valence-electron chi connectivity index (χ4n) is 2.89. The molecule has 0 amide bonds. The van der Waals surface area contributed by atoms with Gasteiger partial charge in [0.15, 0.2) is 5.82 Å². The molecule has 27 heavy (non-hydrogen) atoms. The summed E-state index contributed by atoms with van der Waals surface area (Å²) < 4.78 is 7.04. The van der Waals surface area contributed by atoms with Crippen molar-refractivity contribution in [2.75, 3.05) is 31.4 Å². The van der Waals surface area contributed by atoms with E-state index in [2.05, 4.69) is 48.1 Å². The lowest BCUT2D eigenvalue weighted by Crippen LogP contribution is -2.17. The van der Waals surface area contributed by atoms with E-state index in [4.69, 9.17) is 19.7 Å². The van der Waals surface area contributed by atoms with Crippen LogP contribution in [0.1, 0.15) is 45.0 Å². The summed E-state index contributed by atoms with van der Waals surface area (Å²) in [7, 11) is 5.80. The van der Waals surface area contributed by atoms with Gasteiger partial charge in [-0.3, -0.25) is 0 Å². The van der Waals surface area contributed by atoms with Gasteiger partial charge in [0.25, 0.3) is 5.88 Å². The predicted octanol–water partition coefficient (Wildman–Crippen LogP) is 4.85. The maximum atomic E-state index is 6.11. The molecule has 0 saturated carbocycles. The van der Waals surface area contributed by atoms with E-state index in [1.54, 1.807) is 0 Å². The van der Waals surface area contributed by atoms with Crippen molar-refractivity contribution in [1.29, 1.82) is 0 Å². The monoisotopic (exact) mass is 435 g/mol. The number of aryl methyl sites for hydroxylation is 2. The first-order valence-electron chi connectivity index (χ1n) is 9.46. The number of pyridine rings is 1. The van der Waals surface area contributed by atoms with Crippen molar-refractivity contribution in [3.8, 4) is 17.1 Å². The fraction of sp³-hybridized carbons (Fsp3) is 0.550. The number of ether oxygens (including phenoxy) is 1. The van der Waals surface area contributed by atoms with Crippen molar-refractivity contribution < 1.29 is 4.74 Å². The molecule has 0 aliphatic carbocycles. The van der Waals surface area contributed by atoms with Crippen LogP contribution < -0.4 is 15.0 Å². The Balaban J connectivity index is 2.59. The van der Waals surface area contributed by atoms with Gasteiger partial charge in [0.1, 0.15) is 11.9 Å². The second-order valence-corrected chi connectivity index (χ2v) is 7.51. The SMILES string of the molecule is CCc1nc(OC(CC)CC)c(NC)nc1-c1cc(Br)c(N(C)C)nc1C. The van der Waals surface area contributed by atoms with Gasteiger partial charge in [-0.15, -0.1) is 0 Å². The average Bonchev–Trinajstić information content (AvgIpc) is 2.66. The lowest BCUT2D eigenvalue weighted by atomic mass is 10.1. The van der Waals surface area contributed by atoms with Gasteiger partial charge < -0.3 is 15.0 Å². The summed E-state index contributed by atoms with van der Waals surface area (Å²) in [6.45, 7) is 8.33. The third-order valence-electron chi connectivity index (χ3n) is 4.52. The zero-order chi connectivity index (χ0) is 20.1. The van der Waals surface area contributed by atoms with Crippen molar-refractivity contribution >= 4 is 27.6 Å². The molecule has 6 nitrogen and oxygen atoms in total. The lowest BCUT2D eigenvalue weighted by Gasteiger charge is -2.20. The highest BCUT2D eigenvalue weighted by molar-refractivity contribution is 9.10. The van der Waals surface area contributed by atoms with Crippen molar-refractivity contribution in [3.63, 3.8) is 0 Å². The minimum atomic E-state index is 0.138. The molecular formula is C20H30BrN5O. The number of hydrogen-bond donors (Lipinski definition) is 1. The van der Waals surface area contributed by atoms with Crippen LogP contribution in [0.4, 0.5) is 11.6 Å². The van der Waals surface area contributed by atoms with E-state index in [-0.39, 0.29) is 6.10 Å². The summed E-state index contributed by atoms with van der Waals surface area (Å²) in [6.07, 6.45) is 2.77. The highest BCUT2D eigenvalue weighted by atomic mass is 79.9. The molecule has 0 bridgehead atoms. The molecule has 2 rings (SSSR count). The van der Waals surface area contributed by atoms with E-state index < -0.39 is 0 Å². The van der Waals surface area contributed by atoms with Crippen molar-refractivity contribution in [3.05, 3.63) is 21.9 Å². The van der Waals surface area contributed by atoms with Gasteiger partial charge in [-0.25, -0.2) is 15.0 Å². The van der Waals surface area contributed by atoms with Crippen LogP contribution in [0, 0.1) is 6.92 Å². The molecule has 2 aromatic rings. The number of nitrogens with zero attached hydrogens (tertiary/aromatic N) is 4. The summed E-state index contributed by atoms with van der Waals surface area (Å²) >= 11 is 3.63. The molecule has 0 radical (unpaired) electrons. The Morgan fingerprint density at radius 3 is 2.33 bits per heavy atom. The summed E-state index contributed by atoms with van der Waals surface area (Å²) in [5, 5.41) is 3.14. The molecule has 0 saturated heterocycles. The molecule has 2 aromatic heterocycles. The van der Waals surface area contributed by atoms with Gasteiger partial charge in [0.05, 0.1) is 15.9 Å². The maximum Gasteiger partial charge on any atom is 0.257 e. The Morgan fingerprint density at radius 2 is 1.81 bits per heavy atom. The summed E-state index contributed by atoms with van der Waals surface area (Å²) in [5.41, 5.74) is 3.64. The smallest absolute Gasteiger partial charge is 0.257 e. The Kier molecular flexibility index (Phi) is 7.41. The minimum Gasteiger partial charge on any atom is -0.472 e. The van der Waals surface area contributed by atoms with E-state index in [0.29, 0.717) is 11.7 Å². The quantitative estimate of drug-likeness (QED) is 0.639. The first kappa shape index (κ1) is 21.4. The molecule has 0 atom stereocenters. The van der Waals surface area contributed by atoms with Gasteiger partial charge in [-0.1, -0.05) is 20.8 Å². The number of halogens is 1. The Morgan fingerprint density at radius 1 is 1.15 bits per heavy atom. The number of aromatic nitrogens is 3. The molecular weight excluding hydrogens is 406 g/mol. The predicted molar refractivity (Wildman–Crippen MR) is 116 cm³/mol. The van der Waals surface area contributed by atoms with Crippen molar-refractivity contribution in [1.82, 2.24) is 15.0 Å². The largest absolute Gasteiger partial charge is 0.472 e. The maximum absolute atomic E-state index is 6.11.